The Balaban J connectivity index is 0.000000285. The standard InChI is InChI=1S/C16H22N4OS.2C2H2O4/c1-19-6-8-20(9-7-19)10-13-17-15(21)14-11-4-2-3-5-12(11)22-16(14)18-13;2*3-1(4)2(5)6/h2-10H2,1H3,(H,17,18,21);2*(H,3,4)(H,5,6). The highest BCUT2D eigenvalue weighted by atomic mass is 32.1. The van der Waals surface area contributed by atoms with Gasteiger partial charge in [0.25, 0.3) is 5.56 Å². The van der Waals surface area contributed by atoms with Gasteiger partial charge in [-0.05, 0) is 38.3 Å². The molecule has 1 fully saturated rings. The van der Waals surface area contributed by atoms with E-state index >= 15 is 0 Å². The lowest BCUT2D eigenvalue weighted by atomic mass is 9.97. The number of carbonyl (C=O) groups is 4. The molecule has 2 aromatic rings. The summed E-state index contributed by atoms with van der Waals surface area (Å²) in [7, 11) is 2.15. The van der Waals surface area contributed by atoms with E-state index < -0.39 is 23.9 Å². The first kappa shape index (κ1) is 26.9. The van der Waals surface area contributed by atoms with Crippen molar-refractivity contribution in [2.75, 3.05) is 33.2 Å². The van der Waals surface area contributed by atoms with Crippen molar-refractivity contribution >= 4 is 45.4 Å². The van der Waals surface area contributed by atoms with Gasteiger partial charge in [-0.25, -0.2) is 24.2 Å². The molecule has 0 aromatic carbocycles. The number of aromatic nitrogens is 2. The molecule has 34 heavy (non-hydrogen) atoms. The fraction of sp³-hybridized carbons (Fsp3) is 0.500. The first-order valence-corrected chi connectivity index (χ1v) is 11.2. The fourth-order valence-corrected chi connectivity index (χ4v) is 4.78. The van der Waals surface area contributed by atoms with Gasteiger partial charge in [-0.1, -0.05) is 0 Å². The first-order valence-electron chi connectivity index (χ1n) is 10.4. The van der Waals surface area contributed by atoms with Crippen LogP contribution in [0.3, 0.4) is 0 Å². The number of nitrogens with zero attached hydrogens (tertiary/aromatic N) is 3. The van der Waals surface area contributed by atoms with Crippen LogP contribution in [0.4, 0.5) is 0 Å². The van der Waals surface area contributed by atoms with E-state index in [9.17, 15) is 4.79 Å². The van der Waals surface area contributed by atoms with Crippen LogP contribution in [0.5, 0.6) is 0 Å². The van der Waals surface area contributed by atoms with E-state index in [2.05, 4.69) is 21.8 Å². The number of carboxylic acid groups (broad SMARTS) is 4. The predicted molar refractivity (Wildman–Crippen MR) is 120 cm³/mol. The maximum absolute atomic E-state index is 12.5. The van der Waals surface area contributed by atoms with Crippen LogP contribution in [0, 0.1) is 0 Å². The number of nitrogens with one attached hydrogen (secondary N) is 1. The van der Waals surface area contributed by atoms with E-state index in [-0.39, 0.29) is 5.56 Å². The largest absolute Gasteiger partial charge is 0.473 e. The predicted octanol–water partition coefficient (Wildman–Crippen LogP) is -0.0780. The summed E-state index contributed by atoms with van der Waals surface area (Å²) < 4.78 is 0. The van der Waals surface area contributed by atoms with Gasteiger partial charge in [-0.2, -0.15) is 0 Å². The van der Waals surface area contributed by atoms with E-state index in [1.807, 2.05) is 0 Å². The van der Waals surface area contributed by atoms with Gasteiger partial charge in [0.1, 0.15) is 10.7 Å². The minimum absolute atomic E-state index is 0.0635. The van der Waals surface area contributed by atoms with Crippen LogP contribution in [0.2, 0.25) is 0 Å². The van der Waals surface area contributed by atoms with Crippen LogP contribution < -0.4 is 5.56 Å². The highest BCUT2D eigenvalue weighted by Crippen LogP contribution is 2.33. The third kappa shape index (κ3) is 7.60. The zero-order chi connectivity index (χ0) is 25.4. The summed E-state index contributed by atoms with van der Waals surface area (Å²) in [5, 5.41) is 30.4. The van der Waals surface area contributed by atoms with Gasteiger partial charge in [0.2, 0.25) is 0 Å². The number of likely N-dealkylation sites (N-methyl/N-ethyl adjacent to an activating group) is 1. The summed E-state index contributed by atoms with van der Waals surface area (Å²) in [4.78, 5) is 63.7. The van der Waals surface area contributed by atoms with Crippen molar-refractivity contribution in [3.8, 4) is 0 Å². The molecule has 0 amide bonds. The first-order chi connectivity index (χ1) is 16.0. The molecule has 3 heterocycles. The van der Waals surface area contributed by atoms with E-state index in [0.29, 0.717) is 0 Å². The summed E-state index contributed by atoms with van der Waals surface area (Å²) in [6.07, 6.45) is 4.59. The highest BCUT2D eigenvalue weighted by molar-refractivity contribution is 7.18. The molecule has 0 saturated carbocycles. The monoisotopic (exact) mass is 498 g/mol. The van der Waals surface area contributed by atoms with Gasteiger partial charge in [0.05, 0.1) is 11.9 Å². The van der Waals surface area contributed by atoms with Gasteiger partial charge >= 0.3 is 23.9 Å². The van der Waals surface area contributed by atoms with Crippen molar-refractivity contribution in [3.05, 3.63) is 26.6 Å². The van der Waals surface area contributed by atoms with Crippen molar-refractivity contribution in [1.82, 2.24) is 19.8 Å². The molecule has 0 unspecified atom stereocenters. The normalized spacial score (nSPS) is 15.8. The number of aryl methyl sites for hydroxylation is 2. The van der Waals surface area contributed by atoms with Crippen LogP contribution in [-0.4, -0.2) is 97.3 Å². The molecule has 0 spiro atoms. The van der Waals surface area contributed by atoms with Gasteiger partial charge < -0.3 is 30.3 Å². The second kappa shape index (κ2) is 12.2. The number of H-pyrrole nitrogens is 1. The summed E-state index contributed by atoms with van der Waals surface area (Å²) in [6.45, 7) is 5.00. The number of aliphatic carboxylic acids is 4. The van der Waals surface area contributed by atoms with Crippen LogP contribution >= 0.6 is 11.3 Å². The molecular weight excluding hydrogens is 472 g/mol. The number of hydrogen-bond donors (Lipinski definition) is 5. The van der Waals surface area contributed by atoms with E-state index in [1.165, 1.54) is 23.3 Å². The molecule has 5 N–H and O–H groups in total. The molecule has 4 rings (SSSR count). The van der Waals surface area contributed by atoms with Crippen LogP contribution in [0.25, 0.3) is 10.2 Å². The number of piperazine rings is 1. The summed E-state index contributed by atoms with van der Waals surface area (Å²) >= 11 is 1.73. The van der Waals surface area contributed by atoms with Gasteiger partial charge in [-0.15, -0.1) is 11.3 Å². The van der Waals surface area contributed by atoms with Crippen molar-refractivity contribution in [1.29, 1.82) is 0 Å². The molecule has 1 aliphatic heterocycles. The zero-order valence-electron chi connectivity index (χ0n) is 18.4. The minimum Gasteiger partial charge on any atom is -0.473 e. The summed E-state index contributed by atoms with van der Waals surface area (Å²) in [5.41, 5.74) is 1.33. The van der Waals surface area contributed by atoms with Crippen molar-refractivity contribution in [2.45, 2.75) is 32.2 Å². The smallest absolute Gasteiger partial charge is 0.414 e. The van der Waals surface area contributed by atoms with Crippen molar-refractivity contribution in [3.63, 3.8) is 0 Å². The Hall–Kier alpha value is -3.36. The number of rotatable bonds is 2. The maximum Gasteiger partial charge on any atom is 0.414 e. The van der Waals surface area contributed by atoms with E-state index in [4.69, 9.17) is 44.6 Å². The Bertz CT molecular complexity index is 1070. The van der Waals surface area contributed by atoms with Crippen LogP contribution in [0.1, 0.15) is 29.1 Å². The molecule has 0 atom stereocenters. The number of carboxylic acids is 4. The maximum atomic E-state index is 12.5. The second-order valence-corrected chi connectivity index (χ2v) is 8.79. The number of hydrogen-bond acceptors (Lipinski definition) is 9. The van der Waals surface area contributed by atoms with Gasteiger partial charge in [-0.3, -0.25) is 9.69 Å². The zero-order valence-corrected chi connectivity index (χ0v) is 19.3. The second-order valence-electron chi connectivity index (χ2n) is 7.70. The third-order valence-electron chi connectivity index (χ3n) is 5.21. The lowest BCUT2D eigenvalue weighted by Crippen LogP contribution is -2.44. The van der Waals surface area contributed by atoms with E-state index in [1.54, 1.807) is 11.3 Å². The topological polar surface area (TPSA) is 201 Å². The minimum atomic E-state index is -1.82. The number of thiophene rings is 1. The highest BCUT2D eigenvalue weighted by Gasteiger charge is 2.21. The van der Waals surface area contributed by atoms with Crippen LogP contribution in [0.15, 0.2) is 4.79 Å². The Morgan fingerprint density at radius 2 is 1.44 bits per heavy atom. The van der Waals surface area contributed by atoms with Gasteiger partial charge in [0, 0.05) is 31.1 Å². The molecule has 1 aliphatic carbocycles. The van der Waals surface area contributed by atoms with Crippen molar-refractivity contribution < 1.29 is 39.6 Å². The van der Waals surface area contributed by atoms with Crippen molar-refractivity contribution in [2.24, 2.45) is 0 Å². The Morgan fingerprint density at radius 3 is 1.97 bits per heavy atom. The average molecular weight is 499 g/mol. The molecule has 2 aromatic heterocycles. The SMILES string of the molecule is CN1CCN(Cc2nc3sc4c(c3c(=O)[nH]2)CCCC4)CC1.O=C(O)C(=O)O.O=C(O)C(=O)O. The molecule has 14 heteroatoms. The number of fused-ring (bicyclic) bond motifs is 3. The third-order valence-corrected chi connectivity index (χ3v) is 6.39. The van der Waals surface area contributed by atoms with Gasteiger partial charge in [0.15, 0.2) is 0 Å². The Kier molecular flexibility index (Phi) is 9.65. The molecule has 1 saturated heterocycles. The lowest BCUT2D eigenvalue weighted by molar-refractivity contribution is -0.159. The summed E-state index contributed by atoms with van der Waals surface area (Å²) in [5.74, 6) is -6.48. The molecular formula is C20H26N4O9S. The molecule has 2 aliphatic rings. The Labute approximate surface area is 197 Å². The summed E-state index contributed by atoms with van der Waals surface area (Å²) in [6, 6.07) is 0. The quantitative estimate of drug-likeness (QED) is 0.345. The van der Waals surface area contributed by atoms with E-state index in [0.717, 1.165) is 61.6 Å². The lowest BCUT2D eigenvalue weighted by Gasteiger charge is -2.31. The molecule has 0 bridgehead atoms. The molecule has 13 nitrogen and oxygen atoms in total. The number of aromatic amines is 1. The molecule has 186 valence electrons. The molecule has 0 radical (unpaired) electrons. The fourth-order valence-electron chi connectivity index (χ4n) is 3.50. The Morgan fingerprint density at radius 1 is 0.912 bits per heavy atom. The van der Waals surface area contributed by atoms with Crippen LogP contribution in [-0.2, 0) is 38.6 Å². The average Bonchev–Trinajstić information content (AvgIpc) is 3.15.